The molecule has 0 radical (unpaired) electrons. The Bertz CT molecular complexity index is 312. The number of ether oxygens (including phenoxy) is 1. The molecule has 4 rings (SSSR count). The van der Waals surface area contributed by atoms with Gasteiger partial charge in [-0.3, -0.25) is 0 Å². The summed E-state index contributed by atoms with van der Waals surface area (Å²) in [5, 5.41) is 13.9. The molecule has 0 spiro atoms. The second-order valence-electron chi connectivity index (χ2n) is 8.66. The van der Waals surface area contributed by atoms with E-state index in [1.165, 1.54) is 38.5 Å². The molecule has 4 aliphatic carbocycles. The molecule has 1 unspecified atom stereocenters. The number of rotatable bonds is 5. The molecule has 0 heterocycles. The quantitative estimate of drug-likeness (QED) is 0.814. The first-order chi connectivity index (χ1) is 9.34. The molecule has 20 heavy (non-hydrogen) atoms. The summed E-state index contributed by atoms with van der Waals surface area (Å²) in [6, 6.07) is 0. The molecule has 4 bridgehead atoms. The second kappa shape index (κ2) is 5.26. The third-order valence-corrected chi connectivity index (χ3v) is 5.46. The smallest absolute Gasteiger partial charge is 0.0898 e. The summed E-state index contributed by atoms with van der Waals surface area (Å²) in [5.41, 5.74) is 0.180. The lowest BCUT2D eigenvalue weighted by atomic mass is 9.53. The van der Waals surface area contributed by atoms with Gasteiger partial charge in [0.05, 0.1) is 18.3 Å². The van der Waals surface area contributed by atoms with Gasteiger partial charge in [0.15, 0.2) is 0 Å². The molecular weight excluding hydrogens is 250 g/mol. The zero-order valence-corrected chi connectivity index (χ0v) is 13.3. The normalized spacial score (nSPS) is 41.1. The Balaban J connectivity index is 1.48. The molecule has 0 aromatic heterocycles. The third kappa shape index (κ3) is 3.37. The lowest BCUT2D eigenvalue weighted by Gasteiger charge is -2.57. The molecule has 4 saturated carbocycles. The van der Waals surface area contributed by atoms with Crippen molar-refractivity contribution in [2.45, 2.75) is 76.5 Å². The fraction of sp³-hybridized carbons (Fsp3) is 1.00. The average Bonchev–Trinajstić information content (AvgIpc) is 2.31. The van der Waals surface area contributed by atoms with Crippen molar-refractivity contribution in [2.75, 3.05) is 13.2 Å². The minimum Gasteiger partial charge on any atom is -0.389 e. The molecule has 116 valence electrons. The molecular formula is C17H31NO2. The molecule has 4 fully saturated rings. The fourth-order valence-corrected chi connectivity index (χ4v) is 5.07. The first-order valence-electron chi connectivity index (χ1n) is 8.41. The van der Waals surface area contributed by atoms with Crippen molar-refractivity contribution in [1.82, 2.24) is 5.32 Å². The highest BCUT2D eigenvalue weighted by Gasteiger charge is 2.50. The molecule has 3 nitrogen and oxygen atoms in total. The summed E-state index contributed by atoms with van der Waals surface area (Å²) in [6.07, 6.45) is 8.04. The Morgan fingerprint density at radius 3 is 2.05 bits per heavy atom. The van der Waals surface area contributed by atoms with Gasteiger partial charge in [-0.25, -0.2) is 0 Å². The molecule has 1 atom stereocenters. The summed E-state index contributed by atoms with van der Waals surface area (Å²) >= 11 is 0. The minimum atomic E-state index is -0.387. The Hall–Kier alpha value is -0.120. The van der Waals surface area contributed by atoms with Crippen LogP contribution in [0.15, 0.2) is 0 Å². The zero-order chi connectivity index (χ0) is 14.4. The van der Waals surface area contributed by atoms with Crippen LogP contribution in [0.3, 0.4) is 0 Å². The van der Waals surface area contributed by atoms with E-state index in [9.17, 15) is 5.11 Å². The Morgan fingerprint density at radius 1 is 1.10 bits per heavy atom. The van der Waals surface area contributed by atoms with Crippen molar-refractivity contribution < 1.29 is 9.84 Å². The van der Waals surface area contributed by atoms with Gasteiger partial charge in [-0.05, 0) is 77.0 Å². The highest BCUT2D eigenvalue weighted by Crippen LogP contribution is 2.55. The summed E-state index contributed by atoms with van der Waals surface area (Å²) < 4.78 is 5.67. The fourth-order valence-electron chi connectivity index (χ4n) is 5.07. The van der Waals surface area contributed by atoms with Gasteiger partial charge in [-0.1, -0.05) is 0 Å². The van der Waals surface area contributed by atoms with Gasteiger partial charge >= 0.3 is 0 Å². The van der Waals surface area contributed by atoms with Crippen LogP contribution in [-0.4, -0.2) is 35.5 Å². The Labute approximate surface area is 123 Å². The number of nitrogens with one attached hydrogen (secondary N) is 1. The van der Waals surface area contributed by atoms with Gasteiger partial charge < -0.3 is 15.2 Å². The molecule has 0 aliphatic heterocycles. The van der Waals surface area contributed by atoms with Crippen molar-refractivity contribution in [3.63, 3.8) is 0 Å². The van der Waals surface area contributed by atoms with E-state index in [1.807, 2.05) is 20.8 Å². The van der Waals surface area contributed by atoms with E-state index >= 15 is 0 Å². The van der Waals surface area contributed by atoms with Crippen molar-refractivity contribution in [1.29, 1.82) is 0 Å². The van der Waals surface area contributed by atoms with E-state index in [-0.39, 0.29) is 11.7 Å². The van der Waals surface area contributed by atoms with Gasteiger partial charge in [0.25, 0.3) is 0 Å². The van der Waals surface area contributed by atoms with E-state index in [0.29, 0.717) is 18.7 Å². The lowest BCUT2D eigenvalue weighted by molar-refractivity contribution is -0.0586. The Morgan fingerprint density at radius 2 is 1.60 bits per heavy atom. The number of hydrogen-bond donors (Lipinski definition) is 2. The molecule has 0 aromatic carbocycles. The monoisotopic (exact) mass is 281 g/mol. The molecule has 0 aromatic rings. The molecule has 0 amide bonds. The Kier molecular flexibility index (Phi) is 3.89. The van der Waals surface area contributed by atoms with Crippen molar-refractivity contribution >= 4 is 0 Å². The maximum atomic E-state index is 10.1. The predicted octanol–water partition coefficient (Wildman–Crippen LogP) is 2.72. The van der Waals surface area contributed by atoms with Gasteiger partial charge in [0.2, 0.25) is 0 Å². The summed E-state index contributed by atoms with van der Waals surface area (Å²) in [6.45, 7) is 7.22. The summed E-state index contributed by atoms with van der Waals surface area (Å²) in [7, 11) is 0. The SMILES string of the molecule is CC(C)(C)OCC(O)CNC12CC3CC(CC(C3)C1)C2. The average molecular weight is 281 g/mol. The van der Waals surface area contributed by atoms with Crippen LogP contribution < -0.4 is 5.32 Å². The molecule has 2 N–H and O–H groups in total. The van der Waals surface area contributed by atoms with Gasteiger partial charge in [-0.2, -0.15) is 0 Å². The largest absolute Gasteiger partial charge is 0.389 e. The van der Waals surface area contributed by atoms with Crippen LogP contribution in [-0.2, 0) is 4.74 Å². The molecule has 0 saturated heterocycles. The highest BCUT2D eigenvalue weighted by atomic mass is 16.5. The predicted molar refractivity (Wildman–Crippen MR) is 80.6 cm³/mol. The second-order valence-corrected chi connectivity index (χ2v) is 8.66. The number of hydrogen-bond acceptors (Lipinski definition) is 3. The lowest BCUT2D eigenvalue weighted by Crippen LogP contribution is -2.59. The maximum Gasteiger partial charge on any atom is 0.0898 e. The van der Waals surface area contributed by atoms with E-state index in [0.717, 1.165) is 17.8 Å². The first kappa shape index (κ1) is 14.8. The topological polar surface area (TPSA) is 41.5 Å². The van der Waals surface area contributed by atoms with Crippen LogP contribution in [0.25, 0.3) is 0 Å². The summed E-state index contributed by atoms with van der Waals surface area (Å²) in [4.78, 5) is 0. The van der Waals surface area contributed by atoms with Crippen LogP contribution >= 0.6 is 0 Å². The third-order valence-electron chi connectivity index (χ3n) is 5.46. The van der Waals surface area contributed by atoms with Gasteiger partial charge in [0.1, 0.15) is 0 Å². The van der Waals surface area contributed by atoms with Crippen LogP contribution in [0.4, 0.5) is 0 Å². The number of β-amino-alcohol motifs (C(OH)–C–C–N with tert-alkyl or cyclic N) is 1. The van der Waals surface area contributed by atoms with Crippen molar-refractivity contribution in [2.24, 2.45) is 17.8 Å². The van der Waals surface area contributed by atoms with Crippen LogP contribution in [0, 0.1) is 17.8 Å². The molecule has 3 heteroatoms. The van der Waals surface area contributed by atoms with E-state index in [4.69, 9.17) is 4.74 Å². The standard InChI is InChI=1S/C17H31NO2/c1-16(2,3)20-11-15(19)10-18-17-7-12-4-13(8-17)6-14(5-12)9-17/h12-15,18-19H,4-11H2,1-3H3. The summed E-state index contributed by atoms with van der Waals surface area (Å²) in [5.74, 6) is 2.87. The maximum absolute atomic E-state index is 10.1. The van der Waals surface area contributed by atoms with Gasteiger partial charge in [-0.15, -0.1) is 0 Å². The molecule has 4 aliphatic rings. The van der Waals surface area contributed by atoms with Crippen molar-refractivity contribution in [3.05, 3.63) is 0 Å². The number of aliphatic hydroxyl groups is 1. The highest BCUT2D eigenvalue weighted by molar-refractivity contribution is 5.06. The van der Waals surface area contributed by atoms with Gasteiger partial charge in [0, 0.05) is 12.1 Å². The van der Waals surface area contributed by atoms with E-state index in [1.54, 1.807) is 0 Å². The first-order valence-corrected chi connectivity index (χ1v) is 8.41. The van der Waals surface area contributed by atoms with Crippen LogP contribution in [0.5, 0.6) is 0 Å². The van der Waals surface area contributed by atoms with Crippen molar-refractivity contribution in [3.8, 4) is 0 Å². The minimum absolute atomic E-state index is 0.165. The van der Waals surface area contributed by atoms with Crippen LogP contribution in [0.2, 0.25) is 0 Å². The number of aliphatic hydroxyl groups excluding tert-OH is 1. The van der Waals surface area contributed by atoms with E-state index < -0.39 is 0 Å². The zero-order valence-electron chi connectivity index (χ0n) is 13.3. The van der Waals surface area contributed by atoms with E-state index in [2.05, 4.69) is 5.32 Å². The van der Waals surface area contributed by atoms with Crippen LogP contribution in [0.1, 0.15) is 59.3 Å².